The van der Waals surface area contributed by atoms with Gasteiger partial charge in [0.05, 0.1) is 51.8 Å². The van der Waals surface area contributed by atoms with E-state index < -0.39 is 49.0 Å². The molecule has 0 spiro atoms. The number of aliphatic hydroxyl groups excluding tert-OH is 2. The van der Waals surface area contributed by atoms with Gasteiger partial charge in [0, 0.05) is 6.42 Å². The summed E-state index contributed by atoms with van der Waals surface area (Å²) in [5.74, 6) is -0.269. The Morgan fingerprint density at radius 2 is 1.06 bits per heavy atom. The Hall–Kier alpha value is -4.75. The molecule has 0 aromatic heterocycles. The zero-order valence-corrected chi connectivity index (χ0v) is 35.8. The van der Waals surface area contributed by atoms with Crippen LogP contribution < -0.4 is 5.32 Å². The van der Waals surface area contributed by atoms with Crippen LogP contribution in [-0.4, -0.2) is 78.3 Å². The summed E-state index contributed by atoms with van der Waals surface area (Å²) >= 11 is 0. The fourth-order valence-corrected chi connectivity index (χ4v) is 7.53. The molecule has 8 atom stereocenters. The van der Waals surface area contributed by atoms with Crippen LogP contribution in [0.1, 0.15) is 66.8 Å². The number of aryl methyl sites for hydroxylation is 1. The van der Waals surface area contributed by atoms with E-state index in [9.17, 15) is 15.0 Å². The maximum absolute atomic E-state index is 13.5. The van der Waals surface area contributed by atoms with Gasteiger partial charge in [-0.25, -0.2) is 0 Å². The zero-order valence-electron chi connectivity index (χ0n) is 35.8. The van der Waals surface area contributed by atoms with Crippen LogP contribution in [-0.2, 0) is 66.1 Å². The van der Waals surface area contributed by atoms with Gasteiger partial charge in [-0.15, -0.1) is 0 Å². The fourth-order valence-electron chi connectivity index (χ4n) is 7.53. The predicted molar refractivity (Wildman–Crippen MR) is 239 cm³/mol. The smallest absolute Gasteiger partial charge is 0.220 e. The first-order valence-corrected chi connectivity index (χ1v) is 22.0. The summed E-state index contributed by atoms with van der Waals surface area (Å²) < 4.78 is 40.3. The molecule has 62 heavy (non-hydrogen) atoms. The molecule has 0 bridgehead atoms. The number of aliphatic hydroxyl groups is 2. The number of benzene rings is 5. The van der Waals surface area contributed by atoms with Crippen LogP contribution in [0.5, 0.6) is 0 Å². The van der Waals surface area contributed by atoms with Crippen LogP contribution in [0.15, 0.2) is 152 Å². The topological polar surface area (TPSA) is 125 Å². The summed E-state index contributed by atoms with van der Waals surface area (Å²) in [4.78, 5) is 13.5. The molecule has 10 heteroatoms. The summed E-state index contributed by atoms with van der Waals surface area (Å²) in [6.07, 6.45) is -2.67. The quantitative estimate of drug-likeness (QED) is 0.0474. The van der Waals surface area contributed by atoms with E-state index in [1.165, 1.54) is 0 Å². The molecule has 5 unspecified atom stereocenters. The Morgan fingerprint density at radius 1 is 0.597 bits per heavy atom. The van der Waals surface area contributed by atoms with Crippen LogP contribution in [0.25, 0.3) is 0 Å². The van der Waals surface area contributed by atoms with Gasteiger partial charge in [0.15, 0.2) is 6.29 Å². The van der Waals surface area contributed by atoms with Gasteiger partial charge < -0.3 is 44.0 Å². The molecule has 330 valence electrons. The van der Waals surface area contributed by atoms with Gasteiger partial charge in [-0.2, -0.15) is 0 Å². The average Bonchev–Trinajstić information content (AvgIpc) is 3.32. The van der Waals surface area contributed by atoms with Crippen molar-refractivity contribution in [2.24, 2.45) is 0 Å². The minimum atomic E-state index is -1.31. The summed E-state index contributed by atoms with van der Waals surface area (Å²) in [5.41, 5.74) is 4.93. The number of carbonyl (C=O) groups is 1. The standard InChI is InChI=1S/C52H63NO9/c1-2-3-9-30-45(54)48(56)44(53-47(55)32-31-39-20-10-4-11-21-39)37-61-52-51(60-36-43-28-18-8-19-29-43)50(59-35-42-26-16-7-17-27-42)49(58-34-41-24-14-6-15-25-41)46(62-52)38-57-33-40-22-12-5-13-23-40/h4-8,10-29,44-46,48-52,54,56H,2-3,9,30-38H2,1H3,(H,53,55)/t44-,45+,46?,48-,49?,50?,51?,52?/m0/s1. The van der Waals surface area contributed by atoms with Crippen molar-refractivity contribution in [3.05, 3.63) is 179 Å². The van der Waals surface area contributed by atoms with Crippen molar-refractivity contribution in [1.82, 2.24) is 5.32 Å². The van der Waals surface area contributed by atoms with Gasteiger partial charge in [0.2, 0.25) is 5.91 Å². The van der Waals surface area contributed by atoms with Crippen molar-refractivity contribution in [3.63, 3.8) is 0 Å². The second-order valence-electron chi connectivity index (χ2n) is 15.9. The number of ether oxygens (including phenoxy) is 6. The van der Waals surface area contributed by atoms with Crippen LogP contribution in [0.2, 0.25) is 0 Å². The first-order valence-electron chi connectivity index (χ1n) is 22.0. The summed E-state index contributed by atoms with van der Waals surface area (Å²) in [7, 11) is 0. The molecule has 0 aliphatic carbocycles. The number of nitrogens with one attached hydrogen (secondary N) is 1. The Balaban J connectivity index is 1.29. The monoisotopic (exact) mass is 845 g/mol. The maximum atomic E-state index is 13.5. The van der Waals surface area contributed by atoms with E-state index in [0.29, 0.717) is 19.4 Å². The van der Waals surface area contributed by atoms with E-state index in [1.54, 1.807) is 0 Å². The van der Waals surface area contributed by atoms with Crippen molar-refractivity contribution in [2.45, 2.75) is 121 Å². The first-order chi connectivity index (χ1) is 30.5. The van der Waals surface area contributed by atoms with Crippen LogP contribution in [0.4, 0.5) is 0 Å². The summed E-state index contributed by atoms with van der Waals surface area (Å²) in [6, 6.07) is 48.4. The number of unbranched alkanes of at least 4 members (excludes halogenated alkanes) is 2. The molecule has 1 aliphatic rings. The van der Waals surface area contributed by atoms with Gasteiger partial charge in [0.25, 0.3) is 0 Å². The minimum absolute atomic E-state index is 0.142. The largest absolute Gasteiger partial charge is 0.390 e. The number of carbonyl (C=O) groups excluding carboxylic acids is 1. The number of hydrogen-bond donors (Lipinski definition) is 3. The average molecular weight is 846 g/mol. The van der Waals surface area contributed by atoms with E-state index in [4.69, 9.17) is 28.4 Å². The van der Waals surface area contributed by atoms with Gasteiger partial charge >= 0.3 is 0 Å². The molecule has 10 nitrogen and oxygen atoms in total. The van der Waals surface area contributed by atoms with Gasteiger partial charge in [-0.1, -0.05) is 178 Å². The number of rotatable bonds is 26. The summed E-state index contributed by atoms with van der Waals surface area (Å²) in [5, 5.41) is 25.8. The molecule has 1 fully saturated rings. The van der Waals surface area contributed by atoms with Crippen molar-refractivity contribution in [1.29, 1.82) is 0 Å². The van der Waals surface area contributed by atoms with Crippen LogP contribution in [0, 0.1) is 0 Å². The highest BCUT2D eigenvalue weighted by atomic mass is 16.7. The third-order valence-corrected chi connectivity index (χ3v) is 11.0. The van der Waals surface area contributed by atoms with Gasteiger partial charge in [0.1, 0.15) is 30.5 Å². The molecular weight excluding hydrogens is 783 g/mol. The molecule has 3 N–H and O–H groups in total. The maximum Gasteiger partial charge on any atom is 0.220 e. The SMILES string of the molecule is CCCCC[C@@H](O)[C@@H](O)[C@H](COC1OC(COCc2ccccc2)C(OCc2ccccc2)C(OCc2ccccc2)C1OCc1ccccc1)NC(=O)CCc1ccccc1. The zero-order chi connectivity index (χ0) is 43.2. The lowest BCUT2D eigenvalue weighted by molar-refractivity contribution is -0.330. The molecular formula is C52H63NO9. The van der Waals surface area contributed by atoms with Crippen molar-refractivity contribution in [2.75, 3.05) is 13.2 Å². The molecule has 1 amide bonds. The summed E-state index contributed by atoms with van der Waals surface area (Å²) in [6.45, 7) is 3.15. The van der Waals surface area contributed by atoms with Gasteiger partial charge in [-0.3, -0.25) is 4.79 Å². The molecule has 1 saturated heterocycles. The molecule has 6 rings (SSSR count). The first kappa shape index (κ1) is 46.7. The Morgan fingerprint density at radius 3 is 1.58 bits per heavy atom. The predicted octanol–water partition coefficient (Wildman–Crippen LogP) is 8.12. The van der Waals surface area contributed by atoms with Crippen LogP contribution in [0.3, 0.4) is 0 Å². The highest BCUT2D eigenvalue weighted by Gasteiger charge is 2.49. The van der Waals surface area contributed by atoms with Crippen molar-refractivity contribution >= 4 is 5.91 Å². The molecule has 5 aromatic rings. The Labute approximate surface area is 367 Å². The van der Waals surface area contributed by atoms with E-state index in [0.717, 1.165) is 47.1 Å². The Kier molecular flexibility index (Phi) is 19.6. The van der Waals surface area contributed by atoms with Crippen molar-refractivity contribution < 1.29 is 43.4 Å². The highest BCUT2D eigenvalue weighted by Crippen LogP contribution is 2.32. The molecule has 1 heterocycles. The third-order valence-electron chi connectivity index (χ3n) is 11.0. The van der Waals surface area contributed by atoms with E-state index >= 15 is 0 Å². The minimum Gasteiger partial charge on any atom is -0.390 e. The fraction of sp³-hybridized carbons (Fsp3) is 0.404. The van der Waals surface area contributed by atoms with E-state index in [2.05, 4.69) is 12.2 Å². The second-order valence-corrected chi connectivity index (χ2v) is 15.9. The third kappa shape index (κ3) is 15.3. The van der Waals surface area contributed by atoms with E-state index in [-0.39, 0.29) is 45.4 Å². The normalized spacial score (nSPS) is 20.3. The second kappa shape index (κ2) is 26.0. The number of amides is 1. The lowest BCUT2D eigenvalue weighted by atomic mass is 9.97. The van der Waals surface area contributed by atoms with E-state index in [1.807, 2.05) is 152 Å². The molecule has 5 aromatic carbocycles. The molecule has 0 radical (unpaired) electrons. The lowest BCUT2D eigenvalue weighted by Crippen LogP contribution is -2.62. The molecule has 1 aliphatic heterocycles. The lowest BCUT2D eigenvalue weighted by Gasteiger charge is -2.46. The van der Waals surface area contributed by atoms with Gasteiger partial charge in [-0.05, 0) is 40.7 Å². The Bertz CT molecular complexity index is 1940. The van der Waals surface area contributed by atoms with Crippen LogP contribution >= 0.6 is 0 Å². The molecule has 0 saturated carbocycles. The van der Waals surface area contributed by atoms with Crippen molar-refractivity contribution in [3.8, 4) is 0 Å². The number of hydrogen-bond acceptors (Lipinski definition) is 9. The highest BCUT2D eigenvalue weighted by molar-refractivity contribution is 5.76.